The predicted octanol–water partition coefficient (Wildman–Crippen LogP) is 3.13. The zero-order valence-electron chi connectivity index (χ0n) is 11.3. The first-order chi connectivity index (χ1) is 9.38. The van der Waals surface area contributed by atoms with Crippen molar-refractivity contribution in [3.05, 3.63) is 47.5 Å². The van der Waals surface area contributed by atoms with Gasteiger partial charge in [0, 0.05) is 24.7 Å². The molecule has 0 saturated heterocycles. The fourth-order valence-corrected chi connectivity index (χ4v) is 1.81. The number of hydrogen-bond donors (Lipinski definition) is 1. The van der Waals surface area contributed by atoms with E-state index in [2.05, 4.69) is 40.0 Å². The number of unbranched alkanes of at least 4 members (excludes halogenated alkanes) is 1. The second-order valence-corrected chi connectivity index (χ2v) is 4.50. The van der Waals surface area contributed by atoms with Gasteiger partial charge in [-0.05, 0) is 37.0 Å². The Morgan fingerprint density at radius 1 is 1.26 bits per heavy atom. The standard InChI is InChI=1S/C16H19N3/c1-2-3-8-15-13-16(19-18-15)11-5-4-9-14-10-6-7-12-17-14/h6-7,10,12-13H,2-3,5,8,11H2,1H3,(H,18,19). The van der Waals surface area contributed by atoms with Crippen molar-refractivity contribution in [2.24, 2.45) is 0 Å². The molecule has 0 unspecified atom stereocenters. The number of pyridine rings is 1. The maximum Gasteiger partial charge on any atom is 0.113 e. The van der Waals surface area contributed by atoms with E-state index < -0.39 is 0 Å². The molecule has 0 fully saturated rings. The Kier molecular flexibility index (Phi) is 5.18. The molecule has 2 rings (SSSR count). The summed E-state index contributed by atoms with van der Waals surface area (Å²) in [7, 11) is 0. The highest BCUT2D eigenvalue weighted by atomic mass is 15.1. The third-order valence-corrected chi connectivity index (χ3v) is 2.87. The van der Waals surface area contributed by atoms with Crippen LogP contribution in [0.1, 0.15) is 43.3 Å². The van der Waals surface area contributed by atoms with Crippen LogP contribution in [0.15, 0.2) is 30.5 Å². The summed E-state index contributed by atoms with van der Waals surface area (Å²) in [5, 5.41) is 7.39. The van der Waals surface area contributed by atoms with Crippen molar-refractivity contribution >= 4 is 0 Å². The zero-order valence-corrected chi connectivity index (χ0v) is 11.3. The van der Waals surface area contributed by atoms with E-state index in [9.17, 15) is 0 Å². The quantitative estimate of drug-likeness (QED) is 0.832. The van der Waals surface area contributed by atoms with Crippen LogP contribution in [0.5, 0.6) is 0 Å². The molecule has 1 N–H and O–H groups in total. The van der Waals surface area contributed by atoms with E-state index in [1.807, 2.05) is 18.2 Å². The van der Waals surface area contributed by atoms with Crippen molar-refractivity contribution in [3.63, 3.8) is 0 Å². The van der Waals surface area contributed by atoms with Crippen molar-refractivity contribution in [2.75, 3.05) is 0 Å². The second-order valence-electron chi connectivity index (χ2n) is 4.50. The lowest BCUT2D eigenvalue weighted by Gasteiger charge is -1.90. The van der Waals surface area contributed by atoms with Gasteiger partial charge in [-0.1, -0.05) is 25.3 Å². The van der Waals surface area contributed by atoms with Gasteiger partial charge in [0.25, 0.3) is 0 Å². The summed E-state index contributed by atoms with van der Waals surface area (Å²) >= 11 is 0. The maximum absolute atomic E-state index is 4.31. The fourth-order valence-electron chi connectivity index (χ4n) is 1.81. The van der Waals surface area contributed by atoms with Crippen molar-refractivity contribution < 1.29 is 0 Å². The third-order valence-electron chi connectivity index (χ3n) is 2.87. The van der Waals surface area contributed by atoms with Gasteiger partial charge in [0.1, 0.15) is 5.69 Å². The molecular formula is C16H19N3. The Morgan fingerprint density at radius 2 is 2.21 bits per heavy atom. The number of H-pyrrole nitrogens is 1. The number of aromatic nitrogens is 3. The normalized spacial score (nSPS) is 9.95. The van der Waals surface area contributed by atoms with E-state index in [1.54, 1.807) is 6.20 Å². The molecule has 0 atom stereocenters. The average molecular weight is 253 g/mol. The second kappa shape index (κ2) is 7.38. The van der Waals surface area contributed by atoms with E-state index in [-0.39, 0.29) is 0 Å². The molecule has 0 saturated carbocycles. The van der Waals surface area contributed by atoms with Gasteiger partial charge in [0.2, 0.25) is 0 Å². The van der Waals surface area contributed by atoms with Crippen LogP contribution >= 0.6 is 0 Å². The monoisotopic (exact) mass is 253 g/mol. The van der Waals surface area contributed by atoms with E-state index in [4.69, 9.17) is 0 Å². The topological polar surface area (TPSA) is 41.6 Å². The first-order valence-corrected chi connectivity index (χ1v) is 6.81. The van der Waals surface area contributed by atoms with Crippen molar-refractivity contribution in [2.45, 2.75) is 39.0 Å². The molecule has 19 heavy (non-hydrogen) atoms. The van der Waals surface area contributed by atoms with E-state index in [0.29, 0.717) is 0 Å². The van der Waals surface area contributed by atoms with Crippen LogP contribution < -0.4 is 0 Å². The van der Waals surface area contributed by atoms with Crippen LogP contribution in [-0.2, 0) is 12.8 Å². The molecule has 0 bridgehead atoms. The van der Waals surface area contributed by atoms with Crippen LogP contribution in [0.2, 0.25) is 0 Å². The van der Waals surface area contributed by atoms with Crippen LogP contribution in [0, 0.1) is 11.8 Å². The van der Waals surface area contributed by atoms with Crippen LogP contribution in [0.3, 0.4) is 0 Å². The minimum absolute atomic E-state index is 0.825. The van der Waals surface area contributed by atoms with Gasteiger partial charge >= 0.3 is 0 Å². The summed E-state index contributed by atoms with van der Waals surface area (Å²) in [4.78, 5) is 4.17. The molecule has 0 radical (unpaired) electrons. The summed E-state index contributed by atoms with van der Waals surface area (Å²) in [5.41, 5.74) is 3.16. The molecular weight excluding hydrogens is 234 g/mol. The number of aryl methyl sites for hydroxylation is 2. The fraction of sp³-hybridized carbons (Fsp3) is 0.375. The molecule has 0 aliphatic heterocycles. The minimum Gasteiger partial charge on any atom is -0.282 e. The first-order valence-electron chi connectivity index (χ1n) is 6.81. The van der Waals surface area contributed by atoms with Crippen LogP contribution in [-0.4, -0.2) is 15.2 Å². The summed E-state index contributed by atoms with van der Waals surface area (Å²) in [6.45, 7) is 2.20. The number of rotatable bonds is 5. The van der Waals surface area contributed by atoms with Gasteiger partial charge in [-0.2, -0.15) is 5.10 Å². The molecule has 3 heteroatoms. The summed E-state index contributed by atoms with van der Waals surface area (Å²) < 4.78 is 0. The lowest BCUT2D eigenvalue weighted by atomic mass is 10.1. The molecule has 2 aromatic heterocycles. The molecule has 0 spiro atoms. The van der Waals surface area contributed by atoms with E-state index in [1.165, 1.54) is 18.5 Å². The summed E-state index contributed by atoms with van der Waals surface area (Å²) in [6.07, 6.45) is 6.97. The molecule has 0 amide bonds. The third kappa shape index (κ3) is 4.59. The Labute approximate surface area is 114 Å². The number of aromatic amines is 1. The predicted molar refractivity (Wildman–Crippen MR) is 76.6 cm³/mol. The zero-order chi connectivity index (χ0) is 13.3. The number of nitrogens with one attached hydrogen (secondary N) is 1. The Bertz CT molecular complexity index is 546. The lowest BCUT2D eigenvalue weighted by molar-refractivity contribution is 0.771. The van der Waals surface area contributed by atoms with Gasteiger partial charge in [0.05, 0.1) is 5.69 Å². The SMILES string of the molecule is CCCCc1cc(CCC#Cc2ccccn2)[nH]n1. The lowest BCUT2D eigenvalue weighted by Crippen LogP contribution is -1.84. The number of hydrogen-bond acceptors (Lipinski definition) is 2. The smallest absolute Gasteiger partial charge is 0.113 e. The molecule has 3 nitrogen and oxygen atoms in total. The average Bonchev–Trinajstić information content (AvgIpc) is 2.90. The van der Waals surface area contributed by atoms with Gasteiger partial charge in [-0.3, -0.25) is 5.10 Å². The highest BCUT2D eigenvalue weighted by Crippen LogP contribution is 2.06. The highest BCUT2D eigenvalue weighted by molar-refractivity contribution is 5.26. The first kappa shape index (κ1) is 13.4. The maximum atomic E-state index is 4.31. The van der Waals surface area contributed by atoms with Crippen molar-refractivity contribution in [3.8, 4) is 11.8 Å². The summed E-state index contributed by atoms with van der Waals surface area (Å²) in [6, 6.07) is 7.92. The molecule has 0 aliphatic rings. The molecule has 2 aromatic rings. The highest BCUT2D eigenvalue weighted by Gasteiger charge is 1.99. The Hall–Kier alpha value is -2.08. The molecule has 0 aliphatic carbocycles. The van der Waals surface area contributed by atoms with Gasteiger partial charge < -0.3 is 0 Å². The van der Waals surface area contributed by atoms with Gasteiger partial charge in [0.15, 0.2) is 0 Å². The Morgan fingerprint density at radius 3 is 3.00 bits per heavy atom. The number of nitrogens with zero attached hydrogens (tertiary/aromatic N) is 2. The molecule has 2 heterocycles. The minimum atomic E-state index is 0.825. The largest absolute Gasteiger partial charge is 0.282 e. The van der Waals surface area contributed by atoms with E-state index in [0.717, 1.165) is 30.7 Å². The summed E-state index contributed by atoms with van der Waals surface area (Å²) in [5.74, 6) is 6.20. The van der Waals surface area contributed by atoms with Crippen LogP contribution in [0.25, 0.3) is 0 Å². The Balaban J connectivity index is 1.80. The molecule has 98 valence electrons. The van der Waals surface area contributed by atoms with Gasteiger partial charge in [-0.15, -0.1) is 0 Å². The van der Waals surface area contributed by atoms with E-state index >= 15 is 0 Å². The van der Waals surface area contributed by atoms with Gasteiger partial charge in [-0.25, -0.2) is 4.98 Å². The molecule has 0 aromatic carbocycles. The van der Waals surface area contributed by atoms with Crippen molar-refractivity contribution in [1.29, 1.82) is 0 Å². The van der Waals surface area contributed by atoms with Crippen LogP contribution in [0.4, 0.5) is 0 Å². The van der Waals surface area contributed by atoms with Crippen molar-refractivity contribution in [1.82, 2.24) is 15.2 Å².